The van der Waals surface area contributed by atoms with Crippen molar-refractivity contribution in [2.75, 3.05) is 0 Å². The molecule has 2 N–H and O–H groups in total. The van der Waals surface area contributed by atoms with Crippen molar-refractivity contribution < 1.29 is 14.9 Å². The summed E-state index contributed by atoms with van der Waals surface area (Å²) in [5.41, 5.74) is 0.901. The van der Waals surface area contributed by atoms with Gasteiger partial charge in [-0.15, -0.1) is 0 Å². The summed E-state index contributed by atoms with van der Waals surface area (Å²) >= 11 is 0. The second kappa shape index (κ2) is 3.14. The van der Waals surface area contributed by atoms with E-state index in [9.17, 15) is 10.2 Å². The molecule has 0 aliphatic carbocycles. The van der Waals surface area contributed by atoms with Crippen LogP contribution in [0, 0.1) is 6.92 Å². The van der Waals surface area contributed by atoms with Gasteiger partial charge >= 0.3 is 0 Å². The smallest absolute Gasteiger partial charge is 0.131 e. The monoisotopic (exact) mass is 208 g/mol. The van der Waals surface area contributed by atoms with Crippen molar-refractivity contribution in [3.05, 3.63) is 23.3 Å². The number of aromatic hydroxyl groups is 1. The molecule has 1 aromatic rings. The van der Waals surface area contributed by atoms with Crippen LogP contribution in [0.5, 0.6) is 11.5 Å². The van der Waals surface area contributed by atoms with Crippen LogP contribution < -0.4 is 4.74 Å². The summed E-state index contributed by atoms with van der Waals surface area (Å²) in [5.74, 6) is 1.06. The number of aryl methyl sites for hydroxylation is 1. The predicted octanol–water partition coefficient (Wildman–Crippen LogP) is 1.78. The van der Waals surface area contributed by atoms with E-state index in [1.165, 1.54) is 0 Å². The highest BCUT2D eigenvalue weighted by molar-refractivity contribution is 5.47. The molecule has 1 unspecified atom stereocenters. The van der Waals surface area contributed by atoms with Gasteiger partial charge in [-0.1, -0.05) is 0 Å². The quantitative estimate of drug-likeness (QED) is 0.739. The summed E-state index contributed by atoms with van der Waals surface area (Å²) < 4.78 is 5.65. The molecular weight excluding hydrogens is 192 g/mol. The Morgan fingerprint density at radius 1 is 1.40 bits per heavy atom. The summed E-state index contributed by atoms with van der Waals surface area (Å²) in [6, 6.07) is 3.53. The molecule has 82 valence electrons. The zero-order chi connectivity index (χ0) is 11.2. The van der Waals surface area contributed by atoms with Crippen LogP contribution in [0.1, 0.15) is 25.0 Å². The van der Waals surface area contributed by atoms with E-state index in [0.717, 1.165) is 16.9 Å². The molecule has 2 rings (SSSR count). The molecule has 1 heterocycles. The third-order valence-corrected chi connectivity index (χ3v) is 2.84. The highest BCUT2D eigenvalue weighted by Gasteiger charge is 2.35. The second-order valence-corrected chi connectivity index (χ2v) is 4.71. The van der Waals surface area contributed by atoms with Crippen LogP contribution in [0.3, 0.4) is 0 Å². The fourth-order valence-corrected chi connectivity index (χ4v) is 1.77. The Kier molecular flexibility index (Phi) is 2.15. The predicted molar refractivity (Wildman–Crippen MR) is 57.3 cm³/mol. The maximum atomic E-state index is 9.84. The van der Waals surface area contributed by atoms with Crippen LogP contribution in [0.15, 0.2) is 12.1 Å². The number of hydrogen-bond acceptors (Lipinski definition) is 3. The molecule has 0 aromatic heterocycles. The molecule has 3 heteroatoms. The van der Waals surface area contributed by atoms with Crippen molar-refractivity contribution in [2.45, 2.75) is 38.9 Å². The van der Waals surface area contributed by atoms with E-state index in [4.69, 9.17) is 4.74 Å². The molecule has 3 nitrogen and oxygen atoms in total. The van der Waals surface area contributed by atoms with Gasteiger partial charge in [-0.3, -0.25) is 0 Å². The maximum absolute atomic E-state index is 9.84. The summed E-state index contributed by atoms with van der Waals surface area (Å²) in [7, 11) is 0. The molecule has 1 aliphatic rings. The lowest BCUT2D eigenvalue weighted by atomic mass is 9.97. The molecule has 0 spiro atoms. The minimum Gasteiger partial charge on any atom is -0.508 e. The lowest BCUT2D eigenvalue weighted by Crippen LogP contribution is -2.39. The molecule has 0 saturated carbocycles. The number of phenolic OH excluding ortho intramolecular Hbond substituents is 1. The Labute approximate surface area is 89.3 Å². The molecule has 1 aliphatic heterocycles. The molecular formula is C12H16O3. The zero-order valence-electron chi connectivity index (χ0n) is 9.24. The summed E-state index contributed by atoms with van der Waals surface area (Å²) in [5, 5.41) is 19.4. The van der Waals surface area contributed by atoms with Gasteiger partial charge in [-0.05, 0) is 38.5 Å². The van der Waals surface area contributed by atoms with Crippen molar-refractivity contribution in [1.82, 2.24) is 0 Å². The Bertz CT molecular complexity index is 360. The van der Waals surface area contributed by atoms with Crippen LogP contribution in [0.4, 0.5) is 0 Å². The Morgan fingerprint density at radius 3 is 2.67 bits per heavy atom. The first kappa shape index (κ1) is 10.3. The van der Waals surface area contributed by atoms with Crippen LogP contribution in [-0.4, -0.2) is 21.9 Å². The SMILES string of the molecule is Cc1cc2c(cc1O)CC(C(C)(C)O)O2. The molecule has 0 amide bonds. The zero-order valence-corrected chi connectivity index (χ0v) is 9.24. The Balaban J connectivity index is 2.32. The molecule has 15 heavy (non-hydrogen) atoms. The normalized spacial score (nSPS) is 19.9. The Morgan fingerprint density at radius 2 is 2.07 bits per heavy atom. The van der Waals surface area contributed by atoms with E-state index >= 15 is 0 Å². The number of rotatable bonds is 1. The van der Waals surface area contributed by atoms with Gasteiger partial charge in [-0.2, -0.15) is 0 Å². The first-order valence-corrected chi connectivity index (χ1v) is 5.09. The Hall–Kier alpha value is -1.22. The topological polar surface area (TPSA) is 49.7 Å². The van der Waals surface area contributed by atoms with Gasteiger partial charge in [-0.25, -0.2) is 0 Å². The van der Waals surface area contributed by atoms with Gasteiger partial charge in [0, 0.05) is 12.0 Å². The molecule has 0 bridgehead atoms. The standard InChI is InChI=1S/C12H16O3/c1-7-4-10-8(5-9(7)13)6-11(15-10)12(2,3)14/h4-5,11,13-14H,6H2,1-3H3. The number of phenols is 1. The number of aliphatic hydroxyl groups is 1. The lowest BCUT2D eigenvalue weighted by Gasteiger charge is -2.24. The summed E-state index contributed by atoms with van der Waals surface area (Å²) in [6.45, 7) is 5.29. The van der Waals surface area contributed by atoms with Crippen molar-refractivity contribution >= 4 is 0 Å². The fraction of sp³-hybridized carbons (Fsp3) is 0.500. The van der Waals surface area contributed by atoms with Crippen LogP contribution in [-0.2, 0) is 6.42 Å². The van der Waals surface area contributed by atoms with Crippen molar-refractivity contribution in [2.24, 2.45) is 0 Å². The van der Waals surface area contributed by atoms with Gasteiger partial charge < -0.3 is 14.9 Å². The third kappa shape index (κ3) is 1.79. The van der Waals surface area contributed by atoms with Crippen molar-refractivity contribution in [1.29, 1.82) is 0 Å². The molecule has 0 fully saturated rings. The first-order valence-electron chi connectivity index (χ1n) is 5.09. The van der Waals surface area contributed by atoms with Gasteiger partial charge in [0.25, 0.3) is 0 Å². The van der Waals surface area contributed by atoms with Crippen LogP contribution in [0.25, 0.3) is 0 Å². The van der Waals surface area contributed by atoms with E-state index in [1.54, 1.807) is 19.9 Å². The fourth-order valence-electron chi connectivity index (χ4n) is 1.77. The highest BCUT2D eigenvalue weighted by Crippen LogP contribution is 2.36. The van der Waals surface area contributed by atoms with E-state index in [-0.39, 0.29) is 11.9 Å². The van der Waals surface area contributed by atoms with Crippen LogP contribution in [0.2, 0.25) is 0 Å². The lowest BCUT2D eigenvalue weighted by molar-refractivity contribution is -0.0229. The van der Waals surface area contributed by atoms with Gasteiger partial charge in [0.05, 0.1) is 5.60 Å². The molecule has 1 atom stereocenters. The molecule has 0 saturated heterocycles. The summed E-state index contributed by atoms with van der Waals surface area (Å²) in [4.78, 5) is 0. The first-order chi connectivity index (χ1) is 6.88. The van der Waals surface area contributed by atoms with E-state index in [0.29, 0.717) is 6.42 Å². The minimum atomic E-state index is -0.859. The van der Waals surface area contributed by atoms with E-state index < -0.39 is 5.60 Å². The second-order valence-electron chi connectivity index (χ2n) is 4.71. The highest BCUT2D eigenvalue weighted by atomic mass is 16.5. The largest absolute Gasteiger partial charge is 0.508 e. The average molecular weight is 208 g/mol. The van der Waals surface area contributed by atoms with Gasteiger partial charge in [0.2, 0.25) is 0 Å². The number of ether oxygens (including phenoxy) is 1. The third-order valence-electron chi connectivity index (χ3n) is 2.84. The molecule has 1 aromatic carbocycles. The van der Waals surface area contributed by atoms with E-state index in [1.807, 2.05) is 13.0 Å². The van der Waals surface area contributed by atoms with Crippen LogP contribution >= 0.6 is 0 Å². The number of hydrogen-bond donors (Lipinski definition) is 2. The molecule has 0 radical (unpaired) electrons. The van der Waals surface area contributed by atoms with Crippen molar-refractivity contribution in [3.8, 4) is 11.5 Å². The number of benzene rings is 1. The average Bonchev–Trinajstić information content (AvgIpc) is 2.47. The van der Waals surface area contributed by atoms with Crippen molar-refractivity contribution in [3.63, 3.8) is 0 Å². The number of fused-ring (bicyclic) bond motifs is 1. The van der Waals surface area contributed by atoms with E-state index in [2.05, 4.69) is 0 Å². The van der Waals surface area contributed by atoms with Gasteiger partial charge in [0.15, 0.2) is 0 Å². The summed E-state index contributed by atoms with van der Waals surface area (Å²) in [6.07, 6.45) is 0.417. The minimum absolute atomic E-state index is 0.228. The maximum Gasteiger partial charge on any atom is 0.131 e. The van der Waals surface area contributed by atoms with Gasteiger partial charge in [0.1, 0.15) is 17.6 Å².